The zero-order chi connectivity index (χ0) is 9.10. The molecule has 13 heavy (non-hydrogen) atoms. The topological polar surface area (TPSA) is 31.4 Å². The van der Waals surface area contributed by atoms with Crippen molar-refractivity contribution in [2.24, 2.45) is 0 Å². The average Bonchev–Trinajstić information content (AvgIpc) is 2.61. The summed E-state index contributed by atoms with van der Waals surface area (Å²) in [6.45, 7) is 1.49. The Morgan fingerprint density at radius 3 is 3.23 bits per heavy atom. The van der Waals surface area contributed by atoms with Crippen molar-refractivity contribution in [3.05, 3.63) is 21.9 Å². The Morgan fingerprint density at radius 2 is 2.54 bits per heavy atom. The summed E-state index contributed by atoms with van der Waals surface area (Å²) in [5, 5.41) is 0. The summed E-state index contributed by atoms with van der Waals surface area (Å²) in [5.74, 6) is 0.721. The van der Waals surface area contributed by atoms with E-state index in [-0.39, 0.29) is 6.10 Å². The Balaban J connectivity index is 2.04. The minimum atomic E-state index is 0.184. The monoisotopic (exact) mass is 291 g/mol. The molecule has 1 fully saturated rings. The standard InChI is InChI=1S/C9H10INO2/c10-8-2-1-4-11-9(8)13-7-3-5-12-6-7/h1-2,4,7H,3,5-6H2. The first-order valence-corrected chi connectivity index (χ1v) is 5.29. The highest BCUT2D eigenvalue weighted by Crippen LogP contribution is 2.20. The van der Waals surface area contributed by atoms with Gasteiger partial charge in [-0.1, -0.05) is 0 Å². The molecule has 0 aliphatic carbocycles. The number of aromatic nitrogens is 1. The Hall–Kier alpha value is -0.360. The molecule has 0 radical (unpaired) electrons. The molecule has 1 aromatic rings. The van der Waals surface area contributed by atoms with E-state index >= 15 is 0 Å². The Labute approximate surface area is 90.6 Å². The molecule has 70 valence electrons. The number of halogens is 1. The third kappa shape index (κ3) is 2.31. The molecule has 1 aliphatic rings. The van der Waals surface area contributed by atoms with Gasteiger partial charge >= 0.3 is 0 Å². The lowest BCUT2D eigenvalue weighted by atomic mass is 10.3. The predicted octanol–water partition coefficient (Wildman–Crippen LogP) is 1.85. The van der Waals surface area contributed by atoms with Crippen molar-refractivity contribution < 1.29 is 9.47 Å². The second-order valence-corrected chi connectivity index (χ2v) is 4.06. The quantitative estimate of drug-likeness (QED) is 0.779. The van der Waals surface area contributed by atoms with E-state index in [0.717, 1.165) is 22.5 Å². The molecule has 1 atom stereocenters. The molecule has 4 heteroatoms. The van der Waals surface area contributed by atoms with Gasteiger partial charge in [0.2, 0.25) is 5.88 Å². The van der Waals surface area contributed by atoms with Crippen LogP contribution in [0.5, 0.6) is 5.88 Å². The molecular formula is C9H10INO2. The van der Waals surface area contributed by atoms with Crippen LogP contribution in [0.25, 0.3) is 0 Å². The average molecular weight is 291 g/mol. The van der Waals surface area contributed by atoms with Gasteiger partial charge in [-0.3, -0.25) is 0 Å². The van der Waals surface area contributed by atoms with E-state index in [1.54, 1.807) is 6.20 Å². The van der Waals surface area contributed by atoms with Crippen LogP contribution in [0.3, 0.4) is 0 Å². The number of hydrogen-bond acceptors (Lipinski definition) is 3. The Bertz CT molecular complexity index is 287. The van der Waals surface area contributed by atoms with Crippen LogP contribution in [0.2, 0.25) is 0 Å². The maximum absolute atomic E-state index is 5.66. The van der Waals surface area contributed by atoms with Crippen molar-refractivity contribution in [3.63, 3.8) is 0 Å². The molecule has 1 aliphatic heterocycles. The molecule has 0 bridgehead atoms. The fourth-order valence-electron chi connectivity index (χ4n) is 1.22. The zero-order valence-corrected chi connectivity index (χ0v) is 9.23. The smallest absolute Gasteiger partial charge is 0.227 e. The Morgan fingerprint density at radius 1 is 1.62 bits per heavy atom. The summed E-state index contributed by atoms with van der Waals surface area (Å²) < 4.78 is 11.9. The third-order valence-corrected chi connectivity index (χ3v) is 2.71. The molecule has 3 nitrogen and oxygen atoms in total. The van der Waals surface area contributed by atoms with Crippen molar-refractivity contribution in [1.82, 2.24) is 4.98 Å². The molecule has 0 amide bonds. The normalized spacial score (nSPS) is 21.8. The van der Waals surface area contributed by atoms with Crippen LogP contribution in [0.15, 0.2) is 18.3 Å². The summed E-state index contributed by atoms with van der Waals surface area (Å²) in [6, 6.07) is 3.89. The second-order valence-electron chi connectivity index (χ2n) is 2.89. The summed E-state index contributed by atoms with van der Waals surface area (Å²) in [5.41, 5.74) is 0. The highest BCUT2D eigenvalue weighted by atomic mass is 127. The fourth-order valence-corrected chi connectivity index (χ4v) is 1.70. The first kappa shape index (κ1) is 9.21. The van der Waals surface area contributed by atoms with Crippen molar-refractivity contribution in [2.45, 2.75) is 12.5 Å². The van der Waals surface area contributed by atoms with E-state index in [0.29, 0.717) is 6.61 Å². The van der Waals surface area contributed by atoms with E-state index in [1.165, 1.54) is 0 Å². The van der Waals surface area contributed by atoms with Crippen molar-refractivity contribution in [3.8, 4) is 5.88 Å². The molecular weight excluding hydrogens is 281 g/mol. The number of nitrogens with zero attached hydrogens (tertiary/aromatic N) is 1. The van der Waals surface area contributed by atoms with Crippen molar-refractivity contribution >= 4 is 22.6 Å². The second kappa shape index (κ2) is 4.23. The number of rotatable bonds is 2. The predicted molar refractivity (Wildman–Crippen MR) is 56.8 cm³/mol. The van der Waals surface area contributed by atoms with Crippen LogP contribution in [0.1, 0.15) is 6.42 Å². The van der Waals surface area contributed by atoms with E-state index in [2.05, 4.69) is 27.6 Å². The van der Waals surface area contributed by atoms with Gasteiger partial charge in [0.25, 0.3) is 0 Å². The molecule has 0 aromatic carbocycles. The third-order valence-electron chi connectivity index (χ3n) is 1.89. The first-order valence-electron chi connectivity index (χ1n) is 4.21. The van der Waals surface area contributed by atoms with Crippen LogP contribution in [-0.2, 0) is 4.74 Å². The molecule has 0 saturated carbocycles. The molecule has 1 aromatic heterocycles. The summed E-state index contributed by atoms with van der Waals surface area (Å²) in [7, 11) is 0. The number of pyridine rings is 1. The lowest BCUT2D eigenvalue weighted by Crippen LogP contribution is -2.16. The van der Waals surface area contributed by atoms with Gasteiger partial charge in [-0.2, -0.15) is 0 Å². The van der Waals surface area contributed by atoms with Gasteiger partial charge < -0.3 is 9.47 Å². The minimum Gasteiger partial charge on any atom is -0.471 e. The van der Waals surface area contributed by atoms with Crippen molar-refractivity contribution in [2.75, 3.05) is 13.2 Å². The molecule has 2 heterocycles. The van der Waals surface area contributed by atoms with E-state index in [4.69, 9.17) is 9.47 Å². The lowest BCUT2D eigenvalue weighted by Gasteiger charge is -2.11. The van der Waals surface area contributed by atoms with Crippen LogP contribution >= 0.6 is 22.6 Å². The van der Waals surface area contributed by atoms with Gasteiger partial charge in [-0.25, -0.2) is 4.98 Å². The maximum atomic E-state index is 5.66. The van der Waals surface area contributed by atoms with Crippen LogP contribution in [0.4, 0.5) is 0 Å². The summed E-state index contributed by atoms with van der Waals surface area (Å²) in [4.78, 5) is 4.16. The summed E-state index contributed by atoms with van der Waals surface area (Å²) in [6.07, 6.45) is 2.89. The van der Waals surface area contributed by atoms with Crippen molar-refractivity contribution in [1.29, 1.82) is 0 Å². The van der Waals surface area contributed by atoms with Gasteiger partial charge in [-0.05, 0) is 34.7 Å². The lowest BCUT2D eigenvalue weighted by molar-refractivity contribution is 0.137. The van der Waals surface area contributed by atoms with E-state index in [9.17, 15) is 0 Å². The molecule has 1 saturated heterocycles. The highest BCUT2D eigenvalue weighted by molar-refractivity contribution is 14.1. The number of hydrogen-bond donors (Lipinski definition) is 0. The van der Waals surface area contributed by atoms with E-state index < -0.39 is 0 Å². The van der Waals surface area contributed by atoms with Crippen LogP contribution in [-0.4, -0.2) is 24.3 Å². The van der Waals surface area contributed by atoms with E-state index in [1.807, 2.05) is 12.1 Å². The maximum Gasteiger partial charge on any atom is 0.227 e. The Kier molecular flexibility index (Phi) is 3.00. The largest absolute Gasteiger partial charge is 0.471 e. The molecule has 2 rings (SSSR count). The molecule has 1 unspecified atom stereocenters. The zero-order valence-electron chi connectivity index (χ0n) is 7.07. The highest BCUT2D eigenvalue weighted by Gasteiger charge is 2.18. The minimum absolute atomic E-state index is 0.184. The van der Waals surface area contributed by atoms with Gasteiger partial charge in [0, 0.05) is 12.6 Å². The SMILES string of the molecule is Ic1cccnc1OC1CCOC1. The summed E-state index contributed by atoms with van der Waals surface area (Å²) >= 11 is 2.22. The van der Waals surface area contributed by atoms with Gasteiger partial charge in [0.1, 0.15) is 6.10 Å². The van der Waals surface area contributed by atoms with Crippen LogP contribution in [0, 0.1) is 3.57 Å². The molecule has 0 N–H and O–H groups in total. The van der Waals surface area contributed by atoms with Gasteiger partial charge in [-0.15, -0.1) is 0 Å². The van der Waals surface area contributed by atoms with Gasteiger partial charge in [0.15, 0.2) is 0 Å². The fraction of sp³-hybridized carbons (Fsp3) is 0.444. The molecule has 0 spiro atoms. The number of ether oxygens (including phenoxy) is 2. The van der Waals surface area contributed by atoms with Crippen LogP contribution < -0.4 is 4.74 Å². The first-order chi connectivity index (χ1) is 6.36. The van der Waals surface area contributed by atoms with Gasteiger partial charge in [0.05, 0.1) is 16.8 Å².